The fraction of sp³-hybridized carbons (Fsp3) is 0.462. The van der Waals surface area contributed by atoms with Gasteiger partial charge in [0.05, 0.1) is 0 Å². The molecule has 2 aromatic rings. The Balaban J connectivity index is 0. The molecule has 0 fully saturated rings. The molecule has 0 aliphatic rings. The van der Waals surface area contributed by atoms with Gasteiger partial charge < -0.3 is 32.7 Å². The van der Waals surface area contributed by atoms with E-state index in [4.69, 9.17) is 11.5 Å². The molecule has 0 bridgehead atoms. The summed E-state index contributed by atoms with van der Waals surface area (Å²) in [5, 5.41) is 12.2. The summed E-state index contributed by atoms with van der Waals surface area (Å²) >= 11 is 0. The van der Waals surface area contributed by atoms with Crippen molar-refractivity contribution in [3.05, 3.63) is 59.7 Å². The Morgan fingerprint density at radius 3 is 1.09 bits per heavy atom. The zero-order chi connectivity index (χ0) is 26.2. The summed E-state index contributed by atoms with van der Waals surface area (Å²) in [5.41, 5.74) is 13.7. The van der Waals surface area contributed by atoms with Crippen LogP contribution in [0.4, 0.5) is 11.4 Å². The van der Waals surface area contributed by atoms with Crippen LogP contribution in [0.5, 0.6) is 0 Å². The average molecular weight is 475 g/mol. The summed E-state index contributed by atoms with van der Waals surface area (Å²) in [6.45, 7) is 16.0. The van der Waals surface area contributed by atoms with Crippen molar-refractivity contribution in [1.29, 1.82) is 0 Å². The Morgan fingerprint density at radius 2 is 0.794 bits per heavy atom. The molecule has 0 atom stereocenters. The highest BCUT2D eigenvalue weighted by Gasteiger charge is 2.04. The van der Waals surface area contributed by atoms with Gasteiger partial charge in [0.15, 0.2) is 0 Å². The third-order valence-corrected chi connectivity index (χ3v) is 4.00. The second kappa shape index (κ2) is 23.1. The van der Waals surface area contributed by atoms with Crippen molar-refractivity contribution >= 4 is 23.2 Å². The predicted molar refractivity (Wildman–Crippen MR) is 146 cm³/mol. The number of anilines is 2. The predicted octanol–water partition coefficient (Wildman–Crippen LogP) is 3.27. The molecule has 34 heavy (non-hydrogen) atoms. The highest BCUT2D eigenvalue weighted by atomic mass is 16.2. The van der Waals surface area contributed by atoms with E-state index in [9.17, 15) is 9.59 Å². The molecule has 8 N–H and O–H groups in total. The molecule has 0 spiro atoms. The quantitative estimate of drug-likeness (QED) is 0.219. The third kappa shape index (κ3) is 15.7. The van der Waals surface area contributed by atoms with E-state index in [1.165, 1.54) is 0 Å². The van der Waals surface area contributed by atoms with Crippen LogP contribution in [0.15, 0.2) is 48.5 Å². The van der Waals surface area contributed by atoms with E-state index in [2.05, 4.69) is 21.3 Å². The van der Waals surface area contributed by atoms with E-state index >= 15 is 0 Å². The van der Waals surface area contributed by atoms with Crippen LogP contribution >= 0.6 is 0 Å². The fourth-order valence-corrected chi connectivity index (χ4v) is 2.43. The van der Waals surface area contributed by atoms with Crippen molar-refractivity contribution in [2.24, 2.45) is 0 Å². The van der Waals surface area contributed by atoms with Crippen molar-refractivity contribution < 1.29 is 9.59 Å². The first kappa shape index (κ1) is 33.1. The molecule has 0 radical (unpaired) electrons. The Morgan fingerprint density at radius 1 is 0.529 bits per heavy atom. The summed E-state index contributed by atoms with van der Waals surface area (Å²) in [7, 11) is 0. The lowest BCUT2D eigenvalue weighted by Gasteiger charge is -2.09. The molecule has 192 valence electrons. The van der Waals surface area contributed by atoms with Crippen LogP contribution in [0.25, 0.3) is 0 Å². The summed E-state index contributed by atoms with van der Waals surface area (Å²) in [6, 6.07) is 13.6. The van der Waals surface area contributed by atoms with Crippen LogP contribution in [0.3, 0.4) is 0 Å². The minimum Gasteiger partial charge on any atom is -0.399 e. The number of carbonyl (C=O) groups is 2. The van der Waals surface area contributed by atoms with Crippen molar-refractivity contribution in [1.82, 2.24) is 21.3 Å². The number of hydrogen-bond acceptors (Lipinski definition) is 6. The third-order valence-electron chi connectivity index (χ3n) is 4.00. The first-order valence-corrected chi connectivity index (χ1v) is 12.2. The van der Waals surface area contributed by atoms with Gasteiger partial charge in [-0.3, -0.25) is 9.59 Å². The number of hydrogen-bond donors (Lipinski definition) is 6. The van der Waals surface area contributed by atoms with Crippen LogP contribution < -0.4 is 32.7 Å². The molecular weight excluding hydrogens is 428 g/mol. The Bertz CT molecular complexity index is 683. The number of carbonyl (C=O) groups excluding carboxylic acids is 2. The molecule has 2 aromatic carbocycles. The maximum Gasteiger partial charge on any atom is 0.251 e. The van der Waals surface area contributed by atoms with E-state index in [0.717, 1.165) is 13.1 Å². The van der Waals surface area contributed by atoms with E-state index in [1.807, 2.05) is 41.5 Å². The van der Waals surface area contributed by atoms with Gasteiger partial charge in [-0.15, -0.1) is 0 Å². The van der Waals surface area contributed by atoms with Crippen LogP contribution in [0.1, 0.15) is 62.3 Å². The van der Waals surface area contributed by atoms with Gasteiger partial charge in [0.1, 0.15) is 0 Å². The van der Waals surface area contributed by atoms with Gasteiger partial charge >= 0.3 is 0 Å². The van der Waals surface area contributed by atoms with Crippen LogP contribution in [0, 0.1) is 0 Å². The van der Waals surface area contributed by atoms with Gasteiger partial charge in [0.25, 0.3) is 11.8 Å². The second-order valence-electron chi connectivity index (χ2n) is 6.26. The topological polar surface area (TPSA) is 134 Å². The van der Waals surface area contributed by atoms with Crippen molar-refractivity contribution in [3.8, 4) is 0 Å². The van der Waals surface area contributed by atoms with Crippen molar-refractivity contribution in [2.75, 3.05) is 50.7 Å². The van der Waals surface area contributed by atoms with Gasteiger partial charge in [-0.25, -0.2) is 0 Å². The summed E-state index contributed by atoms with van der Waals surface area (Å²) in [5.74, 6) is -0.228. The number of nitrogens with one attached hydrogen (secondary N) is 4. The lowest BCUT2D eigenvalue weighted by atomic mass is 10.2. The monoisotopic (exact) mass is 474 g/mol. The molecule has 0 saturated heterocycles. The minimum absolute atomic E-state index is 0.114. The molecule has 0 aliphatic carbocycles. The van der Waals surface area contributed by atoms with Gasteiger partial charge in [-0.05, 0) is 48.5 Å². The van der Waals surface area contributed by atoms with Gasteiger partial charge in [0.2, 0.25) is 0 Å². The Labute approximate surface area is 206 Å². The maximum absolute atomic E-state index is 11.9. The Hall–Kier alpha value is -3.10. The molecule has 0 heterocycles. The molecule has 2 rings (SSSR count). The normalized spacial score (nSPS) is 9.12. The highest BCUT2D eigenvalue weighted by Crippen LogP contribution is 2.05. The highest BCUT2D eigenvalue weighted by molar-refractivity contribution is 5.94. The van der Waals surface area contributed by atoms with Gasteiger partial charge in [0, 0.05) is 61.8 Å². The van der Waals surface area contributed by atoms with E-state index in [1.54, 1.807) is 48.5 Å². The van der Waals surface area contributed by atoms with E-state index < -0.39 is 0 Å². The van der Waals surface area contributed by atoms with E-state index in [0.29, 0.717) is 48.7 Å². The number of rotatable bonds is 11. The molecule has 0 aliphatic heterocycles. The minimum atomic E-state index is -0.114. The lowest BCUT2D eigenvalue weighted by Crippen LogP contribution is -2.37. The molecule has 2 amide bonds. The number of amides is 2. The zero-order valence-corrected chi connectivity index (χ0v) is 21.8. The maximum atomic E-state index is 11.9. The van der Waals surface area contributed by atoms with Crippen LogP contribution in [0.2, 0.25) is 0 Å². The lowest BCUT2D eigenvalue weighted by molar-refractivity contribution is 0.0945. The molecule has 0 saturated carbocycles. The number of nitrogen functional groups attached to an aromatic ring is 2. The van der Waals surface area contributed by atoms with Crippen LogP contribution in [-0.4, -0.2) is 51.1 Å². The fourth-order valence-electron chi connectivity index (χ4n) is 2.43. The second-order valence-corrected chi connectivity index (χ2v) is 6.26. The molecule has 0 unspecified atom stereocenters. The average Bonchev–Trinajstić information content (AvgIpc) is 2.89. The largest absolute Gasteiger partial charge is 0.399 e. The van der Waals surface area contributed by atoms with Crippen molar-refractivity contribution in [2.45, 2.75) is 41.5 Å². The standard InChI is InChI=1S/C20H28N6O2.3C2H6/c21-17-5-1-15(2-6-17)19(27)25-13-11-23-9-10-24-12-14-26-20(28)16-3-7-18(22)8-4-16;3*1-2/h1-8,23-24H,9-14,21-22H2,(H,25,27)(H,26,28);3*1-2H3. The smallest absolute Gasteiger partial charge is 0.251 e. The molecular formula is C26H46N6O2. The van der Waals surface area contributed by atoms with Crippen LogP contribution in [-0.2, 0) is 0 Å². The molecule has 8 heteroatoms. The Kier molecular flexibility index (Phi) is 22.4. The van der Waals surface area contributed by atoms with Crippen molar-refractivity contribution in [3.63, 3.8) is 0 Å². The van der Waals surface area contributed by atoms with Gasteiger partial charge in [-0.2, -0.15) is 0 Å². The SMILES string of the molecule is CC.CC.CC.Nc1ccc(C(=O)NCCNCCNCCNC(=O)c2ccc(N)cc2)cc1. The number of benzene rings is 2. The first-order valence-electron chi connectivity index (χ1n) is 12.2. The molecule has 0 aromatic heterocycles. The number of nitrogens with two attached hydrogens (primary N) is 2. The summed E-state index contributed by atoms with van der Waals surface area (Å²) < 4.78 is 0. The van der Waals surface area contributed by atoms with E-state index in [-0.39, 0.29) is 11.8 Å². The first-order chi connectivity index (χ1) is 16.6. The summed E-state index contributed by atoms with van der Waals surface area (Å²) in [4.78, 5) is 23.8. The molecule has 8 nitrogen and oxygen atoms in total. The zero-order valence-electron chi connectivity index (χ0n) is 21.8. The van der Waals surface area contributed by atoms with Gasteiger partial charge in [-0.1, -0.05) is 41.5 Å². The summed E-state index contributed by atoms with van der Waals surface area (Å²) in [6.07, 6.45) is 0.